The minimum Gasteiger partial charge on any atom is -0.481 e. The van der Waals surface area contributed by atoms with E-state index in [2.05, 4.69) is 6.92 Å². The Hall–Kier alpha value is -1.32. The number of carbonyl (C=O) groups is 2. The number of hydrogen-bond acceptors (Lipinski definition) is 2. The summed E-state index contributed by atoms with van der Waals surface area (Å²) in [5.41, 5.74) is -0.0152. The van der Waals surface area contributed by atoms with Gasteiger partial charge in [-0.25, -0.2) is 4.79 Å². The molecule has 0 fully saturated rings. The molecule has 0 saturated heterocycles. The highest BCUT2D eigenvalue weighted by Gasteiger charge is 2.21. The van der Waals surface area contributed by atoms with Gasteiger partial charge in [-0.3, -0.25) is 4.79 Å². The molecule has 0 aliphatic heterocycles. The summed E-state index contributed by atoms with van der Waals surface area (Å²) in [6.45, 7) is 3.45. The van der Waals surface area contributed by atoms with E-state index in [1.165, 1.54) is 13.0 Å². The van der Waals surface area contributed by atoms with Gasteiger partial charge in [-0.15, -0.1) is 0 Å². The SMILES string of the molecule is CCCCCC=C(C(=O)O)C(C)C(=O)O. The van der Waals surface area contributed by atoms with E-state index in [1.807, 2.05) is 0 Å². The molecule has 0 radical (unpaired) electrons. The average molecular weight is 214 g/mol. The van der Waals surface area contributed by atoms with Crippen LogP contribution in [0.4, 0.5) is 0 Å². The topological polar surface area (TPSA) is 74.6 Å². The third-order valence-electron chi connectivity index (χ3n) is 2.26. The first kappa shape index (κ1) is 13.7. The Morgan fingerprint density at radius 2 is 1.87 bits per heavy atom. The van der Waals surface area contributed by atoms with Gasteiger partial charge in [-0.2, -0.15) is 0 Å². The summed E-state index contributed by atoms with van der Waals surface area (Å²) in [6, 6.07) is 0. The standard InChI is InChI=1S/C11H18O4/c1-3-4-5-6-7-9(11(14)15)8(2)10(12)13/h7-8H,3-6H2,1-2H3,(H,12,13)(H,14,15). The summed E-state index contributed by atoms with van der Waals surface area (Å²) in [5, 5.41) is 17.5. The normalized spacial score (nSPS) is 13.6. The van der Waals surface area contributed by atoms with Crippen LogP contribution in [0.15, 0.2) is 11.6 Å². The van der Waals surface area contributed by atoms with Gasteiger partial charge in [0.25, 0.3) is 0 Å². The lowest BCUT2D eigenvalue weighted by Crippen LogP contribution is -2.18. The van der Waals surface area contributed by atoms with Gasteiger partial charge in [-0.05, 0) is 19.8 Å². The molecular weight excluding hydrogens is 196 g/mol. The van der Waals surface area contributed by atoms with Crippen LogP contribution in [0.5, 0.6) is 0 Å². The molecule has 0 saturated carbocycles. The number of rotatable bonds is 7. The molecule has 1 atom stereocenters. The number of carboxylic acids is 2. The molecule has 0 rings (SSSR count). The maximum atomic E-state index is 10.8. The van der Waals surface area contributed by atoms with Crippen molar-refractivity contribution in [2.45, 2.75) is 39.5 Å². The Bertz CT molecular complexity index is 255. The lowest BCUT2D eigenvalue weighted by molar-refractivity contribution is -0.143. The molecule has 4 heteroatoms. The highest BCUT2D eigenvalue weighted by atomic mass is 16.4. The number of carboxylic acid groups (broad SMARTS) is 2. The molecule has 4 nitrogen and oxygen atoms in total. The van der Waals surface area contributed by atoms with Crippen molar-refractivity contribution in [1.82, 2.24) is 0 Å². The molecular formula is C11H18O4. The van der Waals surface area contributed by atoms with Crippen molar-refractivity contribution in [3.63, 3.8) is 0 Å². The first-order chi connectivity index (χ1) is 7.00. The minimum atomic E-state index is -1.14. The smallest absolute Gasteiger partial charge is 0.332 e. The van der Waals surface area contributed by atoms with Gasteiger partial charge < -0.3 is 10.2 Å². The summed E-state index contributed by atoms with van der Waals surface area (Å²) >= 11 is 0. The van der Waals surface area contributed by atoms with Crippen molar-refractivity contribution in [2.75, 3.05) is 0 Å². The predicted octanol–water partition coefficient (Wildman–Crippen LogP) is 2.30. The Balaban J connectivity index is 4.38. The van der Waals surface area contributed by atoms with Crippen molar-refractivity contribution in [3.05, 3.63) is 11.6 Å². The Labute approximate surface area is 89.6 Å². The van der Waals surface area contributed by atoms with E-state index < -0.39 is 17.9 Å². The van der Waals surface area contributed by atoms with Gasteiger partial charge in [-0.1, -0.05) is 25.8 Å². The zero-order chi connectivity index (χ0) is 11.8. The van der Waals surface area contributed by atoms with Gasteiger partial charge in [0.05, 0.1) is 5.92 Å². The first-order valence-corrected chi connectivity index (χ1v) is 5.16. The summed E-state index contributed by atoms with van der Waals surface area (Å²) < 4.78 is 0. The Kier molecular flexibility index (Phi) is 6.42. The molecule has 0 aliphatic rings. The van der Waals surface area contributed by atoms with Crippen LogP contribution in [0.2, 0.25) is 0 Å². The van der Waals surface area contributed by atoms with Crippen molar-refractivity contribution < 1.29 is 19.8 Å². The highest BCUT2D eigenvalue weighted by molar-refractivity contribution is 5.93. The highest BCUT2D eigenvalue weighted by Crippen LogP contribution is 2.13. The van der Waals surface area contributed by atoms with E-state index in [4.69, 9.17) is 10.2 Å². The summed E-state index contributed by atoms with van der Waals surface area (Å²) in [4.78, 5) is 21.4. The number of aliphatic carboxylic acids is 2. The lowest BCUT2D eigenvalue weighted by Gasteiger charge is -2.07. The van der Waals surface area contributed by atoms with E-state index >= 15 is 0 Å². The van der Waals surface area contributed by atoms with E-state index in [0.717, 1.165) is 19.3 Å². The summed E-state index contributed by atoms with van der Waals surface area (Å²) in [7, 11) is 0. The summed E-state index contributed by atoms with van der Waals surface area (Å²) in [5.74, 6) is -3.18. The lowest BCUT2D eigenvalue weighted by atomic mass is 9.99. The quantitative estimate of drug-likeness (QED) is 0.503. The molecule has 0 aromatic carbocycles. The van der Waals surface area contributed by atoms with Crippen molar-refractivity contribution in [3.8, 4) is 0 Å². The Morgan fingerprint density at radius 1 is 1.27 bits per heavy atom. The van der Waals surface area contributed by atoms with E-state index in [-0.39, 0.29) is 5.57 Å². The molecule has 15 heavy (non-hydrogen) atoms. The van der Waals surface area contributed by atoms with Crippen molar-refractivity contribution in [2.24, 2.45) is 5.92 Å². The van der Waals surface area contributed by atoms with Crippen molar-refractivity contribution in [1.29, 1.82) is 0 Å². The van der Waals surface area contributed by atoms with E-state index in [0.29, 0.717) is 6.42 Å². The van der Waals surface area contributed by atoms with Crippen molar-refractivity contribution >= 4 is 11.9 Å². The number of allylic oxidation sites excluding steroid dienone is 1. The molecule has 0 amide bonds. The van der Waals surface area contributed by atoms with Gasteiger partial charge in [0.2, 0.25) is 0 Å². The molecule has 0 aromatic rings. The second-order valence-electron chi connectivity index (χ2n) is 3.52. The zero-order valence-electron chi connectivity index (χ0n) is 9.19. The molecule has 86 valence electrons. The third-order valence-corrected chi connectivity index (χ3v) is 2.26. The van der Waals surface area contributed by atoms with Crippen LogP contribution in [-0.2, 0) is 9.59 Å². The van der Waals surface area contributed by atoms with Crippen LogP contribution in [0, 0.1) is 5.92 Å². The van der Waals surface area contributed by atoms with Gasteiger partial charge in [0.1, 0.15) is 0 Å². The van der Waals surface area contributed by atoms with Crippen LogP contribution in [0.25, 0.3) is 0 Å². The second kappa shape index (κ2) is 7.04. The largest absolute Gasteiger partial charge is 0.481 e. The third kappa shape index (κ3) is 5.20. The van der Waals surface area contributed by atoms with E-state index in [9.17, 15) is 9.59 Å². The molecule has 0 bridgehead atoms. The maximum Gasteiger partial charge on any atom is 0.332 e. The fraction of sp³-hybridized carbons (Fsp3) is 0.636. The van der Waals surface area contributed by atoms with Gasteiger partial charge in [0.15, 0.2) is 0 Å². The molecule has 1 unspecified atom stereocenters. The maximum absolute atomic E-state index is 10.8. The van der Waals surface area contributed by atoms with Crippen LogP contribution >= 0.6 is 0 Å². The van der Waals surface area contributed by atoms with Gasteiger partial charge >= 0.3 is 11.9 Å². The first-order valence-electron chi connectivity index (χ1n) is 5.16. The fourth-order valence-electron chi connectivity index (χ4n) is 1.23. The molecule has 0 aliphatic carbocycles. The molecule has 0 spiro atoms. The van der Waals surface area contributed by atoms with Crippen LogP contribution in [0.3, 0.4) is 0 Å². The van der Waals surface area contributed by atoms with Crippen LogP contribution in [-0.4, -0.2) is 22.2 Å². The molecule has 0 heterocycles. The van der Waals surface area contributed by atoms with Crippen LogP contribution < -0.4 is 0 Å². The number of hydrogen-bond donors (Lipinski definition) is 2. The molecule has 2 N–H and O–H groups in total. The van der Waals surface area contributed by atoms with E-state index in [1.54, 1.807) is 0 Å². The number of unbranched alkanes of at least 4 members (excludes halogenated alkanes) is 3. The van der Waals surface area contributed by atoms with Crippen LogP contribution in [0.1, 0.15) is 39.5 Å². The average Bonchev–Trinajstić information content (AvgIpc) is 2.16. The predicted molar refractivity (Wildman–Crippen MR) is 56.7 cm³/mol. The monoisotopic (exact) mass is 214 g/mol. The Morgan fingerprint density at radius 3 is 2.27 bits per heavy atom. The molecule has 0 aromatic heterocycles. The zero-order valence-corrected chi connectivity index (χ0v) is 9.19. The second-order valence-corrected chi connectivity index (χ2v) is 3.52. The fourth-order valence-corrected chi connectivity index (χ4v) is 1.23. The van der Waals surface area contributed by atoms with Gasteiger partial charge in [0, 0.05) is 5.57 Å². The minimum absolute atomic E-state index is 0.0152. The summed E-state index contributed by atoms with van der Waals surface area (Å²) in [6.07, 6.45) is 5.15.